The van der Waals surface area contributed by atoms with Gasteiger partial charge in [0.05, 0.1) is 22.9 Å². The van der Waals surface area contributed by atoms with Gasteiger partial charge in [0.15, 0.2) is 0 Å². The predicted octanol–water partition coefficient (Wildman–Crippen LogP) is 9.32. The molecule has 7 rings (SSSR count). The molecule has 3 heteroatoms. The molecule has 0 spiro atoms. The number of para-hydroxylation sites is 4. The molecule has 7 aromatic rings. The van der Waals surface area contributed by atoms with E-state index in [9.17, 15) is 0 Å². The van der Waals surface area contributed by atoms with E-state index in [0.29, 0.717) is 0 Å². The molecule has 0 saturated heterocycles. The fraction of sp³-hybridized carbons (Fsp3) is 0. The van der Waals surface area contributed by atoms with Gasteiger partial charge in [-0.15, -0.1) is 0 Å². The van der Waals surface area contributed by atoms with Gasteiger partial charge < -0.3 is 9.47 Å². The van der Waals surface area contributed by atoms with Crippen molar-refractivity contribution >= 4 is 38.9 Å². The third kappa shape index (κ3) is 3.82. The van der Waals surface area contributed by atoms with E-state index < -0.39 is 0 Å². The second-order valence-electron chi connectivity index (χ2n) is 9.35. The Bertz CT molecular complexity index is 1760. The van der Waals surface area contributed by atoms with Crippen molar-refractivity contribution in [2.24, 2.45) is 0 Å². The van der Waals surface area contributed by atoms with Crippen LogP contribution in [0.25, 0.3) is 38.6 Å². The normalized spacial score (nSPS) is 11.2. The first kappa shape index (κ1) is 22.1. The molecule has 0 atom stereocenters. The maximum atomic E-state index is 4.64. The van der Waals surface area contributed by atoms with Gasteiger partial charge in [-0.05, 0) is 60.2 Å². The van der Waals surface area contributed by atoms with Crippen molar-refractivity contribution in [3.8, 4) is 16.8 Å². The van der Waals surface area contributed by atoms with E-state index in [1.165, 1.54) is 21.8 Å². The maximum Gasteiger partial charge on any atom is 0.0651 e. The van der Waals surface area contributed by atoms with E-state index in [1.807, 2.05) is 24.5 Å². The Kier molecular flexibility index (Phi) is 5.45. The summed E-state index contributed by atoms with van der Waals surface area (Å²) >= 11 is 0. The van der Waals surface area contributed by atoms with Gasteiger partial charge in [0, 0.05) is 39.6 Å². The van der Waals surface area contributed by atoms with Crippen molar-refractivity contribution in [2.45, 2.75) is 0 Å². The summed E-state index contributed by atoms with van der Waals surface area (Å²) in [6, 6.07) is 49.0. The van der Waals surface area contributed by atoms with Crippen LogP contribution in [0.1, 0.15) is 0 Å². The van der Waals surface area contributed by atoms with Crippen LogP contribution < -0.4 is 4.90 Å². The highest BCUT2D eigenvalue weighted by atomic mass is 15.1. The Morgan fingerprint density at radius 1 is 0.447 bits per heavy atom. The molecule has 5 aromatic carbocycles. The molecule has 0 saturated carbocycles. The second-order valence-corrected chi connectivity index (χ2v) is 9.35. The summed E-state index contributed by atoms with van der Waals surface area (Å²) in [6.45, 7) is 0. The SMILES string of the molecule is c1ccc(N(c2ccccc2)c2cncc(-c3ccc(-n4c5ccccc5c5ccccc54)cc3)c2)cc1. The molecule has 38 heavy (non-hydrogen) atoms. The van der Waals surface area contributed by atoms with E-state index in [4.69, 9.17) is 0 Å². The Morgan fingerprint density at radius 2 is 0.974 bits per heavy atom. The molecular weight excluding hydrogens is 462 g/mol. The van der Waals surface area contributed by atoms with Crippen molar-refractivity contribution in [3.63, 3.8) is 0 Å². The van der Waals surface area contributed by atoms with Gasteiger partial charge in [-0.25, -0.2) is 0 Å². The number of benzene rings is 5. The summed E-state index contributed by atoms with van der Waals surface area (Å²) < 4.78 is 2.34. The Hall–Kier alpha value is -5.15. The topological polar surface area (TPSA) is 21.1 Å². The van der Waals surface area contributed by atoms with Crippen LogP contribution in [0.2, 0.25) is 0 Å². The van der Waals surface area contributed by atoms with E-state index in [1.54, 1.807) is 0 Å². The van der Waals surface area contributed by atoms with Crippen LogP contribution in [-0.2, 0) is 0 Å². The average Bonchev–Trinajstić information content (AvgIpc) is 3.33. The third-order valence-corrected chi connectivity index (χ3v) is 7.05. The maximum absolute atomic E-state index is 4.64. The molecule has 0 radical (unpaired) electrons. The lowest BCUT2D eigenvalue weighted by Crippen LogP contribution is -2.10. The van der Waals surface area contributed by atoms with Gasteiger partial charge in [0.25, 0.3) is 0 Å². The van der Waals surface area contributed by atoms with Gasteiger partial charge in [0.2, 0.25) is 0 Å². The van der Waals surface area contributed by atoms with Crippen molar-refractivity contribution in [1.82, 2.24) is 9.55 Å². The molecule has 0 aliphatic heterocycles. The summed E-state index contributed by atoms with van der Waals surface area (Å²) in [6.07, 6.45) is 3.86. The first-order chi connectivity index (χ1) is 18.9. The van der Waals surface area contributed by atoms with Crippen molar-refractivity contribution in [1.29, 1.82) is 0 Å². The Labute approximate surface area is 221 Å². The monoisotopic (exact) mass is 487 g/mol. The van der Waals surface area contributed by atoms with Crippen LogP contribution in [0.4, 0.5) is 17.1 Å². The van der Waals surface area contributed by atoms with E-state index in [0.717, 1.165) is 33.9 Å². The lowest BCUT2D eigenvalue weighted by Gasteiger charge is -2.25. The van der Waals surface area contributed by atoms with Crippen LogP contribution in [-0.4, -0.2) is 9.55 Å². The van der Waals surface area contributed by atoms with Crippen molar-refractivity contribution in [3.05, 3.63) is 152 Å². The van der Waals surface area contributed by atoms with Gasteiger partial charge in [-0.2, -0.15) is 0 Å². The van der Waals surface area contributed by atoms with Crippen molar-refractivity contribution in [2.75, 3.05) is 4.90 Å². The molecule has 2 heterocycles. The molecule has 0 N–H and O–H groups in total. The first-order valence-corrected chi connectivity index (χ1v) is 12.8. The predicted molar refractivity (Wildman–Crippen MR) is 159 cm³/mol. The molecule has 0 bridgehead atoms. The number of fused-ring (bicyclic) bond motifs is 3. The van der Waals surface area contributed by atoms with Gasteiger partial charge in [-0.1, -0.05) is 84.9 Å². The smallest absolute Gasteiger partial charge is 0.0651 e. The summed E-state index contributed by atoms with van der Waals surface area (Å²) in [5.41, 5.74) is 8.99. The summed E-state index contributed by atoms with van der Waals surface area (Å²) in [5.74, 6) is 0. The molecule has 3 nitrogen and oxygen atoms in total. The highest BCUT2D eigenvalue weighted by Gasteiger charge is 2.14. The standard InChI is InChI=1S/C35H25N3/c1-3-11-28(12-4-1)37(29-13-5-2-6-14-29)31-23-27(24-36-25-31)26-19-21-30(22-20-26)38-34-17-9-7-15-32(34)33-16-8-10-18-35(33)38/h1-25H. The Morgan fingerprint density at radius 3 is 1.55 bits per heavy atom. The van der Waals surface area contributed by atoms with Crippen LogP contribution >= 0.6 is 0 Å². The zero-order valence-corrected chi connectivity index (χ0v) is 20.8. The molecule has 0 aliphatic carbocycles. The molecule has 0 fully saturated rings. The van der Waals surface area contributed by atoms with Crippen LogP contribution in [0.3, 0.4) is 0 Å². The van der Waals surface area contributed by atoms with Gasteiger partial charge in [-0.3, -0.25) is 4.98 Å². The van der Waals surface area contributed by atoms with E-state index >= 15 is 0 Å². The van der Waals surface area contributed by atoms with Crippen molar-refractivity contribution < 1.29 is 0 Å². The molecule has 0 amide bonds. The highest BCUT2D eigenvalue weighted by molar-refractivity contribution is 6.09. The number of aromatic nitrogens is 2. The van der Waals surface area contributed by atoms with Crippen LogP contribution in [0.15, 0.2) is 152 Å². The third-order valence-electron chi connectivity index (χ3n) is 7.05. The summed E-state index contributed by atoms with van der Waals surface area (Å²) in [7, 11) is 0. The lowest BCUT2D eigenvalue weighted by atomic mass is 10.1. The number of rotatable bonds is 5. The van der Waals surface area contributed by atoms with Crippen LogP contribution in [0.5, 0.6) is 0 Å². The van der Waals surface area contributed by atoms with Crippen LogP contribution in [0, 0.1) is 0 Å². The molecule has 0 aliphatic rings. The van der Waals surface area contributed by atoms with E-state index in [2.05, 4.69) is 142 Å². The number of pyridine rings is 1. The summed E-state index contributed by atoms with van der Waals surface area (Å²) in [5, 5.41) is 2.54. The number of anilines is 3. The molecule has 2 aromatic heterocycles. The summed E-state index contributed by atoms with van der Waals surface area (Å²) in [4.78, 5) is 6.88. The molecule has 180 valence electrons. The minimum Gasteiger partial charge on any atom is -0.309 e. The first-order valence-electron chi connectivity index (χ1n) is 12.8. The largest absolute Gasteiger partial charge is 0.309 e. The number of nitrogens with zero attached hydrogens (tertiary/aromatic N) is 3. The minimum atomic E-state index is 1.02. The fourth-order valence-corrected chi connectivity index (χ4v) is 5.31. The number of hydrogen-bond donors (Lipinski definition) is 0. The highest BCUT2D eigenvalue weighted by Crippen LogP contribution is 2.36. The zero-order valence-electron chi connectivity index (χ0n) is 20.8. The number of hydrogen-bond acceptors (Lipinski definition) is 2. The second kappa shape index (κ2) is 9.38. The average molecular weight is 488 g/mol. The van der Waals surface area contributed by atoms with Gasteiger partial charge in [0.1, 0.15) is 0 Å². The molecule has 0 unspecified atom stereocenters. The van der Waals surface area contributed by atoms with Gasteiger partial charge >= 0.3 is 0 Å². The Balaban J connectivity index is 1.30. The lowest BCUT2D eigenvalue weighted by molar-refractivity contribution is 1.18. The minimum absolute atomic E-state index is 1.02. The van der Waals surface area contributed by atoms with E-state index in [-0.39, 0.29) is 0 Å². The zero-order chi connectivity index (χ0) is 25.3. The molecular formula is C35H25N3. The fourth-order valence-electron chi connectivity index (χ4n) is 5.31. The quantitative estimate of drug-likeness (QED) is 0.241.